The highest BCUT2D eigenvalue weighted by Crippen LogP contribution is 2.08. The first-order chi connectivity index (χ1) is 6.47. The molecule has 3 nitrogen and oxygen atoms in total. The lowest BCUT2D eigenvalue weighted by atomic mass is 10.0. The maximum Gasteiger partial charge on any atom is 0.112 e. The van der Waals surface area contributed by atoms with E-state index in [4.69, 9.17) is 0 Å². The van der Waals surface area contributed by atoms with Crippen molar-refractivity contribution in [2.24, 2.45) is 5.41 Å². The fourth-order valence-electron chi connectivity index (χ4n) is 0.786. The van der Waals surface area contributed by atoms with Crippen LogP contribution in [0.3, 0.4) is 0 Å². The molecule has 0 unspecified atom stereocenters. The first-order valence-electron chi connectivity index (χ1n) is 4.72. The minimum Gasteiger partial charge on any atom is -0.197 e. The SMILES string of the molecule is CC(C)(C)C.c1ccc2n[nH]nc2c1. The van der Waals surface area contributed by atoms with Gasteiger partial charge in [0.1, 0.15) is 11.0 Å². The zero-order valence-electron chi connectivity index (χ0n) is 9.20. The molecule has 0 bridgehead atoms. The van der Waals surface area contributed by atoms with E-state index in [-0.39, 0.29) is 0 Å². The van der Waals surface area contributed by atoms with E-state index in [1.807, 2.05) is 24.3 Å². The molecule has 0 aliphatic carbocycles. The monoisotopic (exact) mass is 191 g/mol. The molecule has 0 atom stereocenters. The first kappa shape index (κ1) is 10.7. The molecule has 0 fully saturated rings. The highest BCUT2D eigenvalue weighted by atomic mass is 15.3. The minimum atomic E-state index is 0.500. The summed E-state index contributed by atoms with van der Waals surface area (Å²) < 4.78 is 0. The topological polar surface area (TPSA) is 41.6 Å². The average molecular weight is 191 g/mol. The molecular weight excluding hydrogens is 174 g/mol. The van der Waals surface area contributed by atoms with E-state index in [2.05, 4.69) is 43.1 Å². The van der Waals surface area contributed by atoms with Crippen LogP contribution in [0.15, 0.2) is 24.3 Å². The van der Waals surface area contributed by atoms with Crippen molar-refractivity contribution in [1.29, 1.82) is 0 Å². The Morgan fingerprint density at radius 2 is 1.29 bits per heavy atom. The maximum atomic E-state index is 3.88. The van der Waals surface area contributed by atoms with Crippen molar-refractivity contribution in [2.45, 2.75) is 27.7 Å². The van der Waals surface area contributed by atoms with Crippen molar-refractivity contribution >= 4 is 11.0 Å². The second-order valence-electron chi connectivity index (χ2n) is 4.81. The van der Waals surface area contributed by atoms with Gasteiger partial charge in [0.2, 0.25) is 0 Å². The van der Waals surface area contributed by atoms with Crippen LogP contribution in [0.4, 0.5) is 0 Å². The molecule has 76 valence electrons. The Bertz CT molecular complexity index is 348. The fourth-order valence-corrected chi connectivity index (χ4v) is 0.786. The maximum absolute atomic E-state index is 3.88. The van der Waals surface area contributed by atoms with Gasteiger partial charge in [0.05, 0.1) is 0 Å². The summed E-state index contributed by atoms with van der Waals surface area (Å²) in [6.45, 7) is 8.75. The molecule has 3 heteroatoms. The third kappa shape index (κ3) is 4.03. The van der Waals surface area contributed by atoms with E-state index in [9.17, 15) is 0 Å². The zero-order valence-corrected chi connectivity index (χ0v) is 9.20. The summed E-state index contributed by atoms with van der Waals surface area (Å²) in [6, 6.07) is 7.70. The van der Waals surface area contributed by atoms with Crippen molar-refractivity contribution in [2.75, 3.05) is 0 Å². The largest absolute Gasteiger partial charge is 0.197 e. The van der Waals surface area contributed by atoms with E-state index >= 15 is 0 Å². The Kier molecular flexibility index (Phi) is 3.23. The van der Waals surface area contributed by atoms with Crippen molar-refractivity contribution in [1.82, 2.24) is 15.4 Å². The number of hydrogen-bond acceptors (Lipinski definition) is 2. The van der Waals surface area contributed by atoms with Gasteiger partial charge < -0.3 is 0 Å². The lowest BCUT2D eigenvalue weighted by Crippen LogP contribution is -1.93. The number of H-pyrrole nitrogens is 1. The van der Waals surface area contributed by atoms with Crippen molar-refractivity contribution in [3.8, 4) is 0 Å². The molecule has 1 heterocycles. The molecule has 0 aliphatic heterocycles. The van der Waals surface area contributed by atoms with Gasteiger partial charge in [0.25, 0.3) is 0 Å². The number of nitrogens with zero attached hydrogens (tertiary/aromatic N) is 2. The second-order valence-corrected chi connectivity index (χ2v) is 4.81. The van der Waals surface area contributed by atoms with Crippen LogP contribution < -0.4 is 0 Å². The van der Waals surface area contributed by atoms with E-state index < -0.39 is 0 Å². The molecule has 14 heavy (non-hydrogen) atoms. The second kappa shape index (κ2) is 4.22. The Hall–Kier alpha value is -1.38. The molecule has 0 spiro atoms. The van der Waals surface area contributed by atoms with Gasteiger partial charge in [-0.15, -0.1) is 0 Å². The van der Waals surface area contributed by atoms with Gasteiger partial charge in [0.15, 0.2) is 0 Å². The molecule has 1 aromatic heterocycles. The van der Waals surface area contributed by atoms with Gasteiger partial charge in [-0.2, -0.15) is 15.4 Å². The molecule has 2 rings (SSSR count). The number of para-hydroxylation sites is 2. The third-order valence-electron chi connectivity index (χ3n) is 1.22. The summed E-state index contributed by atoms with van der Waals surface area (Å²) in [5, 5.41) is 10.3. The standard InChI is InChI=1S/C6H5N3.C5H12/c1-2-4-6-5(3-1)7-9-8-6;1-5(2,3)4/h1-4H,(H,7,8,9);1-4H3. The normalized spacial score (nSPS) is 10.9. The van der Waals surface area contributed by atoms with Gasteiger partial charge in [-0.25, -0.2) is 0 Å². The Morgan fingerprint density at radius 3 is 1.64 bits per heavy atom. The number of benzene rings is 1. The summed E-state index contributed by atoms with van der Waals surface area (Å²) in [5.41, 5.74) is 2.33. The molecule has 0 saturated carbocycles. The van der Waals surface area contributed by atoms with Crippen LogP contribution >= 0.6 is 0 Å². The third-order valence-corrected chi connectivity index (χ3v) is 1.22. The van der Waals surface area contributed by atoms with Gasteiger partial charge in [0, 0.05) is 0 Å². The predicted molar refractivity (Wildman–Crippen MR) is 59.0 cm³/mol. The van der Waals surface area contributed by atoms with Crippen LogP contribution in [0, 0.1) is 5.41 Å². The molecule has 1 aromatic carbocycles. The molecule has 1 N–H and O–H groups in total. The summed E-state index contributed by atoms with van der Waals surface area (Å²) >= 11 is 0. The van der Waals surface area contributed by atoms with E-state index in [0.717, 1.165) is 11.0 Å². The Balaban J connectivity index is 0.000000171. The highest BCUT2D eigenvalue weighted by molar-refractivity contribution is 5.72. The van der Waals surface area contributed by atoms with Gasteiger partial charge in [-0.1, -0.05) is 39.8 Å². The van der Waals surface area contributed by atoms with Gasteiger partial charge in [-0.3, -0.25) is 0 Å². The Labute approximate surface area is 84.5 Å². The smallest absolute Gasteiger partial charge is 0.112 e. The van der Waals surface area contributed by atoms with Crippen LogP contribution in [-0.2, 0) is 0 Å². The lowest BCUT2D eigenvalue weighted by molar-refractivity contribution is 0.469. The molecular formula is C11H17N3. The van der Waals surface area contributed by atoms with Gasteiger partial charge >= 0.3 is 0 Å². The van der Waals surface area contributed by atoms with Crippen LogP contribution in [0.1, 0.15) is 27.7 Å². The van der Waals surface area contributed by atoms with Crippen LogP contribution in [0.2, 0.25) is 0 Å². The van der Waals surface area contributed by atoms with Crippen LogP contribution in [-0.4, -0.2) is 15.4 Å². The number of nitrogens with one attached hydrogen (secondary N) is 1. The van der Waals surface area contributed by atoms with Gasteiger partial charge in [-0.05, 0) is 17.5 Å². The van der Waals surface area contributed by atoms with Crippen molar-refractivity contribution in [3.63, 3.8) is 0 Å². The molecule has 0 radical (unpaired) electrons. The summed E-state index contributed by atoms with van der Waals surface area (Å²) in [4.78, 5) is 0. The van der Waals surface area contributed by atoms with E-state index in [1.165, 1.54) is 0 Å². The average Bonchev–Trinajstić information content (AvgIpc) is 2.47. The molecule has 0 saturated heterocycles. The Morgan fingerprint density at radius 1 is 0.929 bits per heavy atom. The summed E-state index contributed by atoms with van der Waals surface area (Å²) in [7, 11) is 0. The fraction of sp³-hybridized carbons (Fsp3) is 0.455. The minimum absolute atomic E-state index is 0.500. The number of aromatic amines is 1. The lowest BCUT2D eigenvalue weighted by Gasteiger charge is -2.05. The number of fused-ring (bicyclic) bond motifs is 1. The quantitative estimate of drug-likeness (QED) is 0.695. The number of rotatable bonds is 0. The highest BCUT2D eigenvalue weighted by Gasteiger charge is 1.95. The number of hydrogen-bond donors (Lipinski definition) is 1. The van der Waals surface area contributed by atoms with Crippen molar-refractivity contribution in [3.05, 3.63) is 24.3 Å². The molecule has 0 aliphatic rings. The van der Waals surface area contributed by atoms with E-state index in [0.29, 0.717) is 5.41 Å². The zero-order chi connectivity index (χ0) is 10.6. The predicted octanol–water partition coefficient (Wildman–Crippen LogP) is 3.01. The van der Waals surface area contributed by atoms with E-state index in [1.54, 1.807) is 0 Å². The summed E-state index contributed by atoms with van der Waals surface area (Å²) in [6.07, 6.45) is 0. The summed E-state index contributed by atoms with van der Waals surface area (Å²) in [5.74, 6) is 0. The first-order valence-corrected chi connectivity index (χ1v) is 4.72. The molecule has 0 amide bonds. The molecule has 2 aromatic rings. The van der Waals surface area contributed by atoms with Crippen molar-refractivity contribution < 1.29 is 0 Å². The van der Waals surface area contributed by atoms with Crippen LogP contribution in [0.25, 0.3) is 11.0 Å². The number of aromatic nitrogens is 3. The van der Waals surface area contributed by atoms with Crippen LogP contribution in [0.5, 0.6) is 0 Å².